The van der Waals surface area contributed by atoms with Crippen molar-refractivity contribution >= 4 is 11.7 Å². The fourth-order valence-corrected chi connectivity index (χ4v) is 1.86. The molecule has 0 aromatic heterocycles. The van der Waals surface area contributed by atoms with E-state index in [1.54, 1.807) is 6.08 Å². The molecule has 1 aliphatic heterocycles. The van der Waals surface area contributed by atoms with Gasteiger partial charge in [-0.3, -0.25) is 9.79 Å². The summed E-state index contributed by atoms with van der Waals surface area (Å²) in [4.78, 5) is 15.6. The molecule has 100 valence electrons. The summed E-state index contributed by atoms with van der Waals surface area (Å²) in [5.41, 5.74) is 2.60. The molecule has 0 atom stereocenters. The van der Waals surface area contributed by atoms with Gasteiger partial charge in [-0.15, -0.1) is 6.58 Å². The second-order valence-electron chi connectivity index (χ2n) is 4.63. The molecule has 0 aromatic carbocycles. The van der Waals surface area contributed by atoms with E-state index in [1.807, 2.05) is 6.08 Å². The lowest BCUT2D eigenvalue weighted by molar-refractivity contribution is -0.141. The number of aliphatic imine (C=N–C) groups is 1. The van der Waals surface area contributed by atoms with Gasteiger partial charge >= 0.3 is 5.97 Å². The van der Waals surface area contributed by atoms with Gasteiger partial charge in [-0.05, 0) is 45.1 Å². The maximum atomic E-state index is 11.1. The zero-order valence-corrected chi connectivity index (χ0v) is 11.3. The minimum absolute atomic E-state index is 0.217. The summed E-state index contributed by atoms with van der Waals surface area (Å²) < 4.78 is 5.03. The van der Waals surface area contributed by atoms with Crippen LogP contribution in [0.5, 0.6) is 0 Å². The van der Waals surface area contributed by atoms with Crippen molar-refractivity contribution in [3.05, 3.63) is 24.3 Å². The van der Waals surface area contributed by atoms with E-state index in [4.69, 9.17) is 4.74 Å². The van der Waals surface area contributed by atoms with Gasteiger partial charge in [-0.2, -0.15) is 0 Å². The lowest BCUT2D eigenvalue weighted by Crippen LogP contribution is -2.06. The summed E-state index contributed by atoms with van der Waals surface area (Å²) in [6, 6.07) is 0. The van der Waals surface area contributed by atoms with E-state index in [2.05, 4.69) is 18.5 Å². The van der Waals surface area contributed by atoms with Crippen molar-refractivity contribution in [2.24, 2.45) is 4.99 Å². The summed E-state index contributed by atoms with van der Waals surface area (Å²) in [5, 5.41) is 0. The molecular formula is C15H23NO2. The monoisotopic (exact) mass is 249 g/mol. The van der Waals surface area contributed by atoms with Crippen LogP contribution in [0.15, 0.2) is 29.3 Å². The molecule has 0 unspecified atom stereocenters. The molecule has 0 radical (unpaired) electrons. The largest absolute Gasteiger partial charge is 0.461 e. The highest BCUT2D eigenvalue weighted by molar-refractivity contribution is 5.85. The maximum absolute atomic E-state index is 11.1. The van der Waals surface area contributed by atoms with Gasteiger partial charge in [-0.25, -0.2) is 0 Å². The highest BCUT2D eigenvalue weighted by Gasteiger charge is 2.05. The van der Waals surface area contributed by atoms with E-state index in [1.165, 1.54) is 24.1 Å². The smallest absolute Gasteiger partial charge is 0.309 e. The van der Waals surface area contributed by atoms with Gasteiger partial charge in [-0.1, -0.05) is 11.6 Å². The van der Waals surface area contributed by atoms with Gasteiger partial charge in [0, 0.05) is 12.3 Å². The number of hydrogen-bond donors (Lipinski definition) is 0. The van der Waals surface area contributed by atoms with Crippen LogP contribution in [0, 0.1) is 0 Å². The van der Waals surface area contributed by atoms with Gasteiger partial charge in [0.15, 0.2) is 0 Å². The van der Waals surface area contributed by atoms with Crippen molar-refractivity contribution in [3.8, 4) is 0 Å². The van der Waals surface area contributed by atoms with Crippen LogP contribution < -0.4 is 0 Å². The van der Waals surface area contributed by atoms with Crippen molar-refractivity contribution in [3.63, 3.8) is 0 Å². The summed E-state index contributed by atoms with van der Waals surface area (Å²) in [6.45, 7) is 6.93. The standard InChI is InChI=1S/C15H23NO2/c1-3-6-15(17)18-12-10-13(2)8-9-14-7-4-5-11-16-14/h3,10H,1,4-9,11-12H2,2H3. The molecule has 0 spiro atoms. The molecule has 1 heterocycles. The van der Waals surface area contributed by atoms with E-state index in [0.717, 1.165) is 25.8 Å². The van der Waals surface area contributed by atoms with E-state index in [-0.39, 0.29) is 12.4 Å². The second-order valence-corrected chi connectivity index (χ2v) is 4.63. The van der Waals surface area contributed by atoms with Crippen LogP contribution in [-0.4, -0.2) is 24.8 Å². The average molecular weight is 249 g/mol. The molecular weight excluding hydrogens is 226 g/mol. The van der Waals surface area contributed by atoms with Crippen molar-refractivity contribution in [2.75, 3.05) is 13.2 Å². The quantitative estimate of drug-likeness (QED) is 0.512. The summed E-state index contributed by atoms with van der Waals surface area (Å²) >= 11 is 0. The topological polar surface area (TPSA) is 38.7 Å². The van der Waals surface area contributed by atoms with E-state index in [0.29, 0.717) is 6.61 Å². The zero-order valence-electron chi connectivity index (χ0n) is 11.3. The SMILES string of the molecule is C=CCC(=O)OCC=C(C)CCC1=NCCCC1. The van der Waals surface area contributed by atoms with Crippen molar-refractivity contribution in [2.45, 2.75) is 45.4 Å². The average Bonchev–Trinajstić information content (AvgIpc) is 2.38. The third-order valence-electron chi connectivity index (χ3n) is 3.00. The Bertz CT molecular complexity index is 342. The number of carbonyl (C=O) groups excluding carboxylic acids is 1. The lowest BCUT2D eigenvalue weighted by atomic mass is 10.0. The molecule has 0 aliphatic carbocycles. The van der Waals surface area contributed by atoms with Crippen LogP contribution >= 0.6 is 0 Å². The maximum Gasteiger partial charge on any atom is 0.309 e. The van der Waals surface area contributed by atoms with Crippen LogP contribution in [0.3, 0.4) is 0 Å². The Morgan fingerprint density at radius 3 is 3.00 bits per heavy atom. The third-order valence-corrected chi connectivity index (χ3v) is 3.00. The molecule has 3 heteroatoms. The molecule has 0 amide bonds. The van der Waals surface area contributed by atoms with Crippen LogP contribution in [0.1, 0.15) is 45.4 Å². The van der Waals surface area contributed by atoms with Crippen LogP contribution in [0.4, 0.5) is 0 Å². The first-order chi connectivity index (χ1) is 8.72. The van der Waals surface area contributed by atoms with Gasteiger partial charge in [0.05, 0.1) is 6.42 Å². The minimum Gasteiger partial charge on any atom is -0.461 e. The number of allylic oxidation sites excluding steroid dienone is 1. The van der Waals surface area contributed by atoms with Gasteiger partial charge in [0.2, 0.25) is 0 Å². The van der Waals surface area contributed by atoms with Crippen molar-refractivity contribution < 1.29 is 9.53 Å². The number of esters is 1. The fraction of sp³-hybridized carbons (Fsp3) is 0.600. The Morgan fingerprint density at radius 1 is 1.50 bits per heavy atom. The predicted molar refractivity (Wildman–Crippen MR) is 74.9 cm³/mol. The first kappa shape index (κ1) is 14.7. The molecule has 0 fully saturated rings. The van der Waals surface area contributed by atoms with E-state index in [9.17, 15) is 4.79 Å². The Balaban J connectivity index is 2.18. The third kappa shape index (κ3) is 6.38. The summed E-state index contributed by atoms with van der Waals surface area (Å²) in [5.74, 6) is -0.217. The Kier molecular flexibility index (Phi) is 7.07. The van der Waals surface area contributed by atoms with Gasteiger partial charge in [0.1, 0.15) is 6.61 Å². The lowest BCUT2D eigenvalue weighted by Gasteiger charge is -2.11. The molecule has 0 bridgehead atoms. The van der Waals surface area contributed by atoms with Crippen molar-refractivity contribution in [1.29, 1.82) is 0 Å². The minimum atomic E-state index is -0.217. The molecule has 0 aromatic rings. The van der Waals surface area contributed by atoms with E-state index >= 15 is 0 Å². The molecule has 18 heavy (non-hydrogen) atoms. The molecule has 1 aliphatic rings. The number of ether oxygens (including phenoxy) is 1. The first-order valence-electron chi connectivity index (χ1n) is 6.66. The molecule has 0 saturated carbocycles. The number of nitrogens with zero attached hydrogens (tertiary/aromatic N) is 1. The summed E-state index contributed by atoms with van der Waals surface area (Å²) in [6.07, 6.45) is 9.54. The normalized spacial score (nSPS) is 16.1. The second kappa shape index (κ2) is 8.67. The molecule has 3 nitrogen and oxygen atoms in total. The van der Waals surface area contributed by atoms with Crippen LogP contribution in [0.2, 0.25) is 0 Å². The van der Waals surface area contributed by atoms with E-state index < -0.39 is 0 Å². The van der Waals surface area contributed by atoms with Crippen molar-refractivity contribution in [1.82, 2.24) is 0 Å². The number of carbonyl (C=O) groups is 1. The molecule has 1 rings (SSSR count). The predicted octanol–water partition coefficient (Wildman–Crippen LogP) is 3.46. The fourth-order valence-electron chi connectivity index (χ4n) is 1.86. The Hall–Kier alpha value is -1.38. The highest BCUT2D eigenvalue weighted by atomic mass is 16.5. The van der Waals surface area contributed by atoms with Gasteiger partial charge in [0.25, 0.3) is 0 Å². The molecule has 0 saturated heterocycles. The van der Waals surface area contributed by atoms with Gasteiger partial charge < -0.3 is 4.74 Å². The van der Waals surface area contributed by atoms with Crippen LogP contribution in [-0.2, 0) is 9.53 Å². The zero-order chi connectivity index (χ0) is 13.2. The van der Waals surface area contributed by atoms with Crippen LogP contribution in [0.25, 0.3) is 0 Å². The molecule has 0 N–H and O–H groups in total. The Morgan fingerprint density at radius 2 is 2.33 bits per heavy atom. The number of rotatable bonds is 7. The Labute approximate surface area is 110 Å². The highest BCUT2D eigenvalue weighted by Crippen LogP contribution is 2.13. The summed E-state index contributed by atoms with van der Waals surface area (Å²) in [7, 11) is 0. The number of hydrogen-bond acceptors (Lipinski definition) is 3. The first-order valence-corrected chi connectivity index (χ1v) is 6.66.